The van der Waals surface area contributed by atoms with E-state index in [2.05, 4.69) is 24.5 Å². The van der Waals surface area contributed by atoms with Crippen LogP contribution >= 0.6 is 0 Å². The molecular weight excluding hydrogens is 208 g/mol. The third-order valence-electron chi connectivity index (χ3n) is 4.80. The summed E-state index contributed by atoms with van der Waals surface area (Å²) in [6.07, 6.45) is 9.72. The predicted octanol–water partition coefficient (Wildman–Crippen LogP) is 2.93. The lowest BCUT2D eigenvalue weighted by Crippen LogP contribution is -2.48. The summed E-state index contributed by atoms with van der Waals surface area (Å²) in [4.78, 5) is 0. The molecule has 2 N–H and O–H groups in total. The van der Waals surface area contributed by atoms with Gasteiger partial charge in [-0.05, 0) is 56.4 Å². The van der Waals surface area contributed by atoms with Crippen molar-refractivity contribution in [3.05, 3.63) is 0 Å². The second kappa shape index (κ2) is 6.19. The molecule has 1 saturated carbocycles. The minimum atomic E-state index is 0.554. The van der Waals surface area contributed by atoms with Crippen LogP contribution in [0.1, 0.15) is 58.8 Å². The van der Waals surface area contributed by atoms with Crippen LogP contribution in [0.2, 0.25) is 0 Å². The first kappa shape index (κ1) is 13.4. The van der Waals surface area contributed by atoms with Crippen molar-refractivity contribution in [1.82, 2.24) is 10.6 Å². The van der Waals surface area contributed by atoms with Crippen LogP contribution in [0.25, 0.3) is 0 Å². The number of piperidine rings is 1. The van der Waals surface area contributed by atoms with E-state index in [1.165, 1.54) is 64.6 Å². The van der Waals surface area contributed by atoms with Crippen LogP contribution in [0.3, 0.4) is 0 Å². The van der Waals surface area contributed by atoms with Crippen LogP contribution in [0, 0.1) is 11.3 Å². The van der Waals surface area contributed by atoms with Gasteiger partial charge < -0.3 is 10.6 Å². The predicted molar refractivity (Wildman–Crippen MR) is 74.3 cm³/mol. The lowest BCUT2D eigenvalue weighted by Gasteiger charge is -2.39. The zero-order chi connectivity index (χ0) is 12.1. The Balaban J connectivity index is 1.80. The molecule has 2 aliphatic rings. The molecule has 0 aromatic rings. The van der Waals surface area contributed by atoms with E-state index in [1.54, 1.807) is 0 Å². The van der Waals surface area contributed by atoms with E-state index in [4.69, 9.17) is 0 Å². The van der Waals surface area contributed by atoms with Crippen LogP contribution in [0.15, 0.2) is 0 Å². The first-order valence-electron chi connectivity index (χ1n) is 7.68. The minimum Gasteiger partial charge on any atom is -0.316 e. The maximum Gasteiger partial charge on any atom is 0.00699 e. The quantitative estimate of drug-likeness (QED) is 0.769. The van der Waals surface area contributed by atoms with Crippen molar-refractivity contribution in [3.8, 4) is 0 Å². The summed E-state index contributed by atoms with van der Waals surface area (Å²) < 4.78 is 0. The summed E-state index contributed by atoms with van der Waals surface area (Å²) >= 11 is 0. The van der Waals surface area contributed by atoms with Gasteiger partial charge in [0.05, 0.1) is 0 Å². The van der Waals surface area contributed by atoms with Crippen LogP contribution in [-0.4, -0.2) is 25.7 Å². The Labute approximate surface area is 107 Å². The Hall–Kier alpha value is -0.0800. The highest BCUT2D eigenvalue weighted by atomic mass is 15.0. The Morgan fingerprint density at radius 3 is 2.82 bits per heavy atom. The molecule has 0 aromatic carbocycles. The van der Waals surface area contributed by atoms with Gasteiger partial charge in [0.15, 0.2) is 0 Å². The van der Waals surface area contributed by atoms with Gasteiger partial charge >= 0.3 is 0 Å². The summed E-state index contributed by atoms with van der Waals surface area (Å²) in [6, 6.07) is 0.806. The zero-order valence-electron chi connectivity index (χ0n) is 11.7. The second-order valence-corrected chi connectivity index (χ2v) is 6.53. The monoisotopic (exact) mass is 238 g/mol. The second-order valence-electron chi connectivity index (χ2n) is 6.53. The van der Waals surface area contributed by atoms with Gasteiger partial charge in [-0.15, -0.1) is 0 Å². The molecule has 1 heterocycles. The van der Waals surface area contributed by atoms with Gasteiger partial charge in [-0.2, -0.15) is 0 Å². The molecule has 0 radical (unpaired) electrons. The molecule has 1 aliphatic carbocycles. The largest absolute Gasteiger partial charge is 0.316 e. The molecule has 3 unspecified atom stereocenters. The fourth-order valence-electron chi connectivity index (χ4n) is 3.77. The van der Waals surface area contributed by atoms with Gasteiger partial charge in [-0.1, -0.05) is 20.3 Å². The zero-order valence-corrected chi connectivity index (χ0v) is 11.7. The van der Waals surface area contributed by atoms with Crippen LogP contribution in [0.4, 0.5) is 0 Å². The van der Waals surface area contributed by atoms with Crippen molar-refractivity contribution < 1.29 is 0 Å². The molecule has 2 fully saturated rings. The molecule has 100 valence electrons. The van der Waals surface area contributed by atoms with E-state index in [-0.39, 0.29) is 0 Å². The van der Waals surface area contributed by atoms with Crippen molar-refractivity contribution in [2.75, 3.05) is 19.6 Å². The average molecular weight is 238 g/mol. The van der Waals surface area contributed by atoms with Gasteiger partial charge in [-0.25, -0.2) is 0 Å². The Bertz CT molecular complexity index is 215. The van der Waals surface area contributed by atoms with Crippen LogP contribution in [-0.2, 0) is 0 Å². The van der Waals surface area contributed by atoms with Crippen molar-refractivity contribution >= 4 is 0 Å². The molecule has 0 bridgehead atoms. The van der Waals surface area contributed by atoms with Gasteiger partial charge in [0, 0.05) is 19.1 Å². The van der Waals surface area contributed by atoms with Crippen molar-refractivity contribution in [2.45, 2.75) is 64.8 Å². The molecule has 1 aliphatic heterocycles. The first-order valence-corrected chi connectivity index (χ1v) is 7.68. The van der Waals surface area contributed by atoms with Crippen molar-refractivity contribution in [3.63, 3.8) is 0 Å². The van der Waals surface area contributed by atoms with E-state index < -0.39 is 0 Å². The van der Waals surface area contributed by atoms with Gasteiger partial charge in [0.1, 0.15) is 0 Å². The average Bonchev–Trinajstić information content (AvgIpc) is 2.75. The van der Waals surface area contributed by atoms with Crippen molar-refractivity contribution in [2.24, 2.45) is 11.3 Å². The number of nitrogens with one attached hydrogen (secondary N) is 2. The molecule has 2 rings (SSSR count). The Kier molecular flexibility index (Phi) is 4.87. The summed E-state index contributed by atoms with van der Waals surface area (Å²) in [5, 5.41) is 7.47. The maximum atomic E-state index is 3.87. The van der Waals surface area contributed by atoms with E-state index in [0.29, 0.717) is 5.41 Å². The normalized spacial score (nSPS) is 38.5. The summed E-state index contributed by atoms with van der Waals surface area (Å²) in [6.45, 7) is 8.42. The van der Waals surface area contributed by atoms with E-state index in [1.807, 2.05) is 0 Å². The highest BCUT2D eigenvalue weighted by Gasteiger charge is 2.32. The van der Waals surface area contributed by atoms with E-state index >= 15 is 0 Å². The first-order chi connectivity index (χ1) is 8.24. The van der Waals surface area contributed by atoms with E-state index in [0.717, 1.165) is 12.0 Å². The Morgan fingerprint density at radius 1 is 1.35 bits per heavy atom. The fraction of sp³-hybridized carbons (Fsp3) is 1.00. The number of hydrogen-bond donors (Lipinski definition) is 2. The SMILES string of the molecule is CCCC1(CNC2CCC(C)C2)CCCNC1. The highest BCUT2D eigenvalue weighted by molar-refractivity contribution is 4.89. The summed E-state index contributed by atoms with van der Waals surface area (Å²) in [5.41, 5.74) is 0.554. The molecule has 1 saturated heterocycles. The molecule has 0 aromatic heterocycles. The molecule has 0 spiro atoms. The third-order valence-corrected chi connectivity index (χ3v) is 4.80. The smallest absolute Gasteiger partial charge is 0.00699 e. The highest BCUT2D eigenvalue weighted by Crippen LogP contribution is 2.32. The fourth-order valence-corrected chi connectivity index (χ4v) is 3.77. The lowest BCUT2D eigenvalue weighted by atomic mass is 9.77. The molecular formula is C15H30N2. The number of hydrogen-bond acceptors (Lipinski definition) is 2. The number of rotatable bonds is 5. The summed E-state index contributed by atoms with van der Waals surface area (Å²) in [7, 11) is 0. The minimum absolute atomic E-state index is 0.554. The maximum absolute atomic E-state index is 3.87. The summed E-state index contributed by atoms with van der Waals surface area (Å²) in [5.74, 6) is 0.944. The van der Waals surface area contributed by atoms with Crippen LogP contribution in [0.5, 0.6) is 0 Å². The molecule has 2 heteroatoms. The standard InChI is InChI=1S/C15H30N2/c1-3-7-15(8-4-9-16-11-15)12-17-14-6-5-13(2)10-14/h13-14,16-17H,3-12H2,1-2H3. The van der Waals surface area contributed by atoms with Gasteiger partial charge in [0.2, 0.25) is 0 Å². The Morgan fingerprint density at radius 2 is 2.24 bits per heavy atom. The molecule has 0 amide bonds. The molecule has 2 nitrogen and oxygen atoms in total. The van der Waals surface area contributed by atoms with Crippen molar-refractivity contribution in [1.29, 1.82) is 0 Å². The van der Waals surface area contributed by atoms with E-state index in [9.17, 15) is 0 Å². The lowest BCUT2D eigenvalue weighted by molar-refractivity contribution is 0.176. The topological polar surface area (TPSA) is 24.1 Å². The van der Waals surface area contributed by atoms with Gasteiger partial charge in [0.25, 0.3) is 0 Å². The van der Waals surface area contributed by atoms with Gasteiger partial charge in [-0.3, -0.25) is 0 Å². The molecule has 17 heavy (non-hydrogen) atoms. The van der Waals surface area contributed by atoms with Crippen LogP contribution < -0.4 is 10.6 Å². The third kappa shape index (κ3) is 3.69. The molecule has 3 atom stereocenters.